The zero-order chi connectivity index (χ0) is 14.5. The Morgan fingerprint density at radius 2 is 1.55 bits per heavy atom. The van der Waals surface area contributed by atoms with E-state index in [2.05, 4.69) is 71.8 Å². The number of benzene rings is 2. The van der Waals surface area contributed by atoms with Crippen molar-refractivity contribution in [2.45, 2.75) is 19.8 Å². The number of halogens is 1. The summed E-state index contributed by atoms with van der Waals surface area (Å²) >= 11 is 2.39. The Balaban J connectivity index is 2.21. The van der Waals surface area contributed by atoms with Crippen LogP contribution in [0, 0.1) is 15.4 Å². The van der Waals surface area contributed by atoms with Crippen LogP contribution in [0.25, 0.3) is 0 Å². The van der Waals surface area contributed by atoms with Crippen LogP contribution in [0.3, 0.4) is 0 Å². The third-order valence-corrected chi connectivity index (χ3v) is 4.08. The zero-order valence-corrected chi connectivity index (χ0v) is 14.2. The maximum absolute atomic E-state index is 3.23. The molecule has 2 aromatic rings. The summed E-state index contributed by atoms with van der Waals surface area (Å²) in [5, 5.41) is 3.10. The molecule has 1 N–H and O–H groups in total. The van der Waals surface area contributed by atoms with Crippen LogP contribution in [0.2, 0.25) is 0 Å². The summed E-state index contributed by atoms with van der Waals surface area (Å²) in [7, 11) is 1.92. The molecule has 0 bridgehead atoms. The number of rotatable bonds is 2. The number of hydrogen-bond donors (Lipinski definition) is 1. The Kier molecular flexibility index (Phi) is 5.08. The summed E-state index contributed by atoms with van der Waals surface area (Å²) in [5.74, 6) is 6.99. The van der Waals surface area contributed by atoms with Gasteiger partial charge in [-0.2, -0.15) is 0 Å². The lowest BCUT2D eigenvalue weighted by Crippen LogP contribution is -1.92. The summed E-state index contributed by atoms with van der Waals surface area (Å²) in [5.41, 5.74) is 4.59. The van der Waals surface area contributed by atoms with E-state index in [0.717, 1.165) is 16.8 Å². The topological polar surface area (TPSA) is 12.0 Å². The van der Waals surface area contributed by atoms with Crippen molar-refractivity contribution >= 4 is 28.3 Å². The third-order valence-electron chi connectivity index (χ3n) is 3.15. The van der Waals surface area contributed by atoms with Gasteiger partial charge in [-0.05, 0) is 70.5 Å². The molecule has 0 amide bonds. The smallest absolute Gasteiger partial charge is 0.0338 e. The van der Waals surface area contributed by atoms with E-state index >= 15 is 0 Å². The molecule has 102 valence electrons. The third kappa shape index (κ3) is 3.77. The summed E-state index contributed by atoms with van der Waals surface area (Å²) < 4.78 is 1.29. The Labute approximate surface area is 134 Å². The zero-order valence-electron chi connectivity index (χ0n) is 12.0. The van der Waals surface area contributed by atoms with Crippen molar-refractivity contribution in [2.75, 3.05) is 12.4 Å². The van der Waals surface area contributed by atoms with Crippen LogP contribution in [0.1, 0.15) is 36.5 Å². The maximum atomic E-state index is 3.23. The first-order valence-corrected chi connectivity index (χ1v) is 7.77. The lowest BCUT2D eigenvalue weighted by atomic mass is 10.0. The van der Waals surface area contributed by atoms with Crippen molar-refractivity contribution in [3.8, 4) is 11.8 Å². The standard InChI is InChI=1S/C18H18IN/c1-13(2)17-11-8-15(12-18(17)19)5-4-14-6-9-16(20-3)10-7-14/h6-13,20H,1-3H3. The van der Waals surface area contributed by atoms with Gasteiger partial charge in [0.05, 0.1) is 0 Å². The predicted molar refractivity (Wildman–Crippen MR) is 95.2 cm³/mol. The first kappa shape index (κ1) is 14.9. The fourth-order valence-electron chi connectivity index (χ4n) is 1.94. The highest BCUT2D eigenvalue weighted by molar-refractivity contribution is 14.1. The molecule has 0 unspecified atom stereocenters. The van der Waals surface area contributed by atoms with Gasteiger partial charge in [-0.25, -0.2) is 0 Å². The maximum Gasteiger partial charge on any atom is 0.0338 e. The van der Waals surface area contributed by atoms with E-state index in [1.807, 2.05) is 31.3 Å². The van der Waals surface area contributed by atoms with Gasteiger partial charge in [0.15, 0.2) is 0 Å². The molecule has 0 aliphatic rings. The minimum absolute atomic E-state index is 0.554. The SMILES string of the molecule is CNc1ccc(C#Cc2ccc(C(C)C)c(I)c2)cc1. The fraction of sp³-hybridized carbons (Fsp3) is 0.222. The molecule has 0 aliphatic heterocycles. The lowest BCUT2D eigenvalue weighted by Gasteiger charge is -2.07. The molecular weight excluding hydrogens is 357 g/mol. The summed E-state index contributed by atoms with van der Waals surface area (Å²) in [6, 6.07) is 14.6. The van der Waals surface area contributed by atoms with Crippen molar-refractivity contribution in [3.63, 3.8) is 0 Å². The Morgan fingerprint density at radius 3 is 2.10 bits per heavy atom. The van der Waals surface area contributed by atoms with Crippen molar-refractivity contribution in [2.24, 2.45) is 0 Å². The van der Waals surface area contributed by atoms with Crippen LogP contribution in [0.5, 0.6) is 0 Å². The van der Waals surface area contributed by atoms with Gasteiger partial charge in [0.1, 0.15) is 0 Å². The summed E-state index contributed by atoms with van der Waals surface area (Å²) in [6.07, 6.45) is 0. The van der Waals surface area contributed by atoms with Gasteiger partial charge in [0.2, 0.25) is 0 Å². The van der Waals surface area contributed by atoms with Crippen LogP contribution < -0.4 is 5.32 Å². The van der Waals surface area contributed by atoms with Gasteiger partial charge in [0, 0.05) is 27.4 Å². The average Bonchev–Trinajstić information content (AvgIpc) is 2.45. The van der Waals surface area contributed by atoms with Crippen LogP contribution >= 0.6 is 22.6 Å². The summed E-state index contributed by atoms with van der Waals surface area (Å²) in [6.45, 7) is 4.43. The normalized spacial score (nSPS) is 10.1. The molecule has 0 spiro atoms. The molecule has 0 aliphatic carbocycles. The van der Waals surface area contributed by atoms with E-state index in [0.29, 0.717) is 5.92 Å². The van der Waals surface area contributed by atoms with Crippen molar-refractivity contribution in [3.05, 3.63) is 62.7 Å². The molecule has 0 saturated carbocycles. The number of anilines is 1. The molecular formula is C18H18IN. The van der Waals surface area contributed by atoms with Gasteiger partial charge in [-0.3, -0.25) is 0 Å². The van der Waals surface area contributed by atoms with Gasteiger partial charge in [0.25, 0.3) is 0 Å². The second kappa shape index (κ2) is 6.81. The number of hydrogen-bond acceptors (Lipinski definition) is 1. The highest BCUT2D eigenvalue weighted by Crippen LogP contribution is 2.22. The Bertz CT molecular complexity index is 645. The quantitative estimate of drug-likeness (QED) is 0.584. The molecule has 20 heavy (non-hydrogen) atoms. The molecule has 2 rings (SSSR count). The molecule has 2 aromatic carbocycles. The molecule has 0 saturated heterocycles. The lowest BCUT2D eigenvalue weighted by molar-refractivity contribution is 0.860. The van der Waals surface area contributed by atoms with E-state index < -0.39 is 0 Å². The average molecular weight is 375 g/mol. The molecule has 0 aromatic heterocycles. The highest BCUT2D eigenvalue weighted by atomic mass is 127. The van der Waals surface area contributed by atoms with Gasteiger partial charge >= 0.3 is 0 Å². The molecule has 0 radical (unpaired) electrons. The Hall–Kier alpha value is -1.47. The second-order valence-electron chi connectivity index (χ2n) is 4.97. The van der Waals surface area contributed by atoms with E-state index in [9.17, 15) is 0 Å². The van der Waals surface area contributed by atoms with E-state index in [-0.39, 0.29) is 0 Å². The van der Waals surface area contributed by atoms with Crippen LogP contribution in [-0.4, -0.2) is 7.05 Å². The molecule has 0 fully saturated rings. The molecule has 0 heterocycles. The monoisotopic (exact) mass is 375 g/mol. The largest absolute Gasteiger partial charge is 0.388 e. The fourth-order valence-corrected chi connectivity index (χ4v) is 3.08. The van der Waals surface area contributed by atoms with Crippen molar-refractivity contribution < 1.29 is 0 Å². The van der Waals surface area contributed by atoms with Crippen molar-refractivity contribution in [1.82, 2.24) is 0 Å². The summed E-state index contributed by atoms with van der Waals surface area (Å²) in [4.78, 5) is 0. The van der Waals surface area contributed by atoms with E-state index in [1.54, 1.807) is 0 Å². The minimum Gasteiger partial charge on any atom is -0.388 e. The van der Waals surface area contributed by atoms with Gasteiger partial charge < -0.3 is 5.32 Å². The first-order valence-electron chi connectivity index (χ1n) is 6.69. The number of nitrogens with one attached hydrogen (secondary N) is 1. The predicted octanol–water partition coefficient (Wildman–Crippen LogP) is 4.86. The van der Waals surface area contributed by atoms with E-state index in [4.69, 9.17) is 0 Å². The first-order chi connectivity index (χ1) is 9.60. The van der Waals surface area contributed by atoms with E-state index in [1.165, 1.54) is 9.13 Å². The van der Waals surface area contributed by atoms with Crippen LogP contribution in [-0.2, 0) is 0 Å². The molecule has 0 atom stereocenters. The second-order valence-corrected chi connectivity index (χ2v) is 6.13. The van der Waals surface area contributed by atoms with Crippen molar-refractivity contribution in [1.29, 1.82) is 0 Å². The minimum atomic E-state index is 0.554. The van der Waals surface area contributed by atoms with Gasteiger partial charge in [-0.1, -0.05) is 31.8 Å². The highest BCUT2D eigenvalue weighted by Gasteiger charge is 2.04. The van der Waals surface area contributed by atoms with Gasteiger partial charge in [-0.15, -0.1) is 0 Å². The van der Waals surface area contributed by atoms with Crippen LogP contribution in [0.15, 0.2) is 42.5 Å². The van der Waals surface area contributed by atoms with Crippen LogP contribution in [0.4, 0.5) is 5.69 Å². The molecule has 2 heteroatoms. The Morgan fingerprint density at radius 1 is 0.950 bits per heavy atom. The molecule has 1 nitrogen and oxygen atoms in total.